The highest BCUT2D eigenvalue weighted by atomic mass is 32.2. The van der Waals surface area contributed by atoms with E-state index >= 15 is 0 Å². The number of carbonyl (C=O) groups is 1. The summed E-state index contributed by atoms with van der Waals surface area (Å²) in [6.45, 7) is 3.16. The summed E-state index contributed by atoms with van der Waals surface area (Å²) >= 11 is 0. The number of hydrogen-bond donors (Lipinski definition) is 1. The highest BCUT2D eigenvalue weighted by Gasteiger charge is 2.25. The number of nitrogens with one attached hydrogen (secondary N) is 1. The van der Waals surface area contributed by atoms with Crippen molar-refractivity contribution in [1.29, 1.82) is 0 Å². The van der Waals surface area contributed by atoms with Crippen LogP contribution in [0.5, 0.6) is 0 Å². The van der Waals surface area contributed by atoms with Gasteiger partial charge in [-0.05, 0) is 25.0 Å². The van der Waals surface area contributed by atoms with Gasteiger partial charge in [-0.1, -0.05) is 19.1 Å². The summed E-state index contributed by atoms with van der Waals surface area (Å²) in [5.74, 6) is -0.0204. The number of methoxy groups -OCH3 is 1. The Bertz CT molecular complexity index is 637. The number of rotatable bonds is 6. The Morgan fingerprint density at radius 1 is 1.30 bits per heavy atom. The molecular weight excluding hydrogens is 316 g/mol. The fourth-order valence-corrected chi connectivity index (χ4v) is 3.91. The fourth-order valence-electron chi connectivity index (χ4n) is 2.80. The smallest absolute Gasteiger partial charge is 0.246 e. The van der Waals surface area contributed by atoms with Gasteiger partial charge in [0.2, 0.25) is 5.91 Å². The first kappa shape index (κ1) is 17.7. The van der Waals surface area contributed by atoms with Gasteiger partial charge in [-0.3, -0.25) is 4.79 Å². The standard InChI is InChI=1S/C16H24N2O4S/c1-3-23(20,21)15-7-5-4-6-14(15)18-10-8-13(9-11-18)17-16(19)12-22-2/h4-7,13H,3,8-12H2,1-2H3,(H,17,19). The topological polar surface area (TPSA) is 75.7 Å². The number of amides is 1. The third-order valence-corrected chi connectivity index (χ3v) is 5.83. The van der Waals surface area contributed by atoms with Crippen LogP contribution in [0.1, 0.15) is 19.8 Å². The molecule has 0 saturated carbocycles. The maximum atomic E-state index is 12.2. The van der Waals surface area contributed by atoms with Crippen LogP contribution in [0.15, 0.2) is 29.2 Å². The Balaban J connectivity index is 2.05. The van der Waals surface area contributed by atoms with Crippen molar-refractivity contribution in [3.63, 3.8) is 0 Å². The number of anilines is 1. The minimum Gasteiger partial charge on any atom is -0.375 e. The van der Waals surface area contributed by atoms with Crippen molar-refractivity contribution >= 4 is 21.4 Å². The maximum absolute atomic E-state index is 12.2. The lowest BCUT2D eigenvalue weighted by atomic mass is 10.0. The predicted octanol–water partition coefficient (Wildman–Crippen LogP) is 1.21. The molecule has 0 unspecified atom stereocenters. The molecule has 0 aliphatic carbocycles. The minimum atomic E-state index is -3.25. The Labute approximate surface area is 137 Å². The summed E-state index contributed by atoms with van der Waals surface area (Å²) in [5, 5.41) is 2.94. The van der Waals surface area contributed by atoms with Crippen molar-refractivity contribution in [1.82, 2.24) is 5.32 Å². The van der Waals surface area contributed by atoms with E-state index in [-0.39, 0.29) is 24.3 Å². The molecule has 0 spiro atoms. The zero-order valence-electron chi connectivity index (χ0n) is 13.6. The lowest BCUT2D eigenvalue weighted by Gasteiger charge is -2.34. The first-order chi connectivity index (χ1) is 11.0. The largest absolute Gasteiger partial charge is 0.375 e. The van der Waals surface area contributed by atoms with Crippen LogP contribution in [-0.2, 0) is 19.4 Å². The Kier molecular flexibility index (Phi) is 6.01. The summed E-state index contributed by atoms with van der Waals surface area (Å²) < 4.78 is 29.3. The first-order valence-corrected chi connectivity index (χ1v) is 9.48. The van der Waals surface area contributed by atoms with Crippen molar-refractivity contribution < 1.29 is 17.9 Å². The summed E-state index contributed by atoms with van der Waals surface area (Å²) in [5.41, 5.74) is 0.760. The van der Waals surface area contributed by atoms with Gasteiger partial charge in [-0.2, -0.15) is 0 Å². The van der Waals surface area contributed by atoms with Gasteiger partial charge in [0, 0.05) is 26.2 Å². The minimum absolute atomic E-state index is 0.0673. The molecule has 7 heteroatoms. The average molecular weight is 340 g/mol. The fraction of sp³-hybridized carbons (Fsp3) is 0.562. The molecule has 1 aliphatic rings. The molecule has 2 rings (SSSR count). The van der Waals surface area contributed by atoms with Gasteiger partial charge < -0.3 is 15.0 Å². The van der Waals surface area contributed by atoms with E-state index in [9.17, 15) is 13.2 Å². The average Bonchev–Trinajstić information content (AvgIpc) is 2.56. The van der Waals surface area contributed by atoms with Gasteiger partial charge in [0.05, 0.1) is 16.3 Å². The van der Waals surface area contributed by atoms with Crippen molar-refractivity contribution in [2.75, 3.05) is 37.5 Å². The van der Waals surface area contributed by atoms with Gasteiger partial charge >= 0.3 is 0 Å². The third kappa shape index (κ3) is 4.45. The number of hydrogen-bond acceptors (Lipinski definition) is 5. The van der Waals surface area contributed by atoms with Crippen LogP contribution in [0.25, 0.3) is 0 Å². The summed E-state index contributed by atoms with van der Waals surface area (Å²) in [4.78, 5) is 14.0. The van der Waals surface area contributed by atoms with Gasteiger partial charge in [0.1, 0.15) is 6.61 Å². The molecule has 1 amide bonds. The molecule has 1 N–H and O–H groups in total. The van der Waals surface area contributed by atoms with Gasteiger partial charge in [-0.25, -0.2) is 8.42 Å². The lowest BCUT2D eigenvalue weighted by molar-refractivity contribution is -0.125. The Morgan fingerprint density at radius 3 is 2.57 bits per heavy atom. The zero-order valence-corrected chi connectivity index (χ0v) is 14.4. The summed E-state index contributed by atoms with van der Waals surface area (Å²) in [6, 6.07) is 7.25. The van der Waals surface area contributed by atoms with Crippen molar-refractivity contribution in [3.8, 4) is 0 Å². The third-order valence-electron chi connectivity index (χ3n) is 4.06. The second-order valence-corrected chi connectivity index (χ2v) is 7.88. The molecule has 1 aromatic rings. The molecule has 0 aromatic heterocycles. The summed E-state index contributed by atoms with van der Waals surface area (Å²) in [7, 11) is -1.75. The van der Waals surface area contributed by atoms with Gasteiger partial charge in [0.15, 0.2) is 9.84 Å². The molecule has 1 aliphatic heterocycles. The summed E-state index contributed by atoms with van der Waals surface area (Å²) in [6.07, 6.45) is 1.58. The Morgan fingerprint density at radius 2 is 1.96 bits per heavy atom. The molecule has 1 heterocycles. The van der Waals surface area contributed by atoms with E-state index in [2.05, 4.69) is 10.2 Å². The molecule has 0 radical (unpaired) electrons. The van der Waals surface area contributed by atoms with E-state index in [1.165, 1.54) is 7.11 Å². The molecule has 1 saturated heterocycles. The first-order valence-electron chi connectivity index (χ1n) is 7.83. The van der Waals surface area contributed by atoms with Crippen LogP contribution >= 0.6 is 0 Å². The van der Waals surface area contributed by atoms with Crippen LogP contribution in [0, 0.1) is 0 Å². The predicted molar refractivity (Wildman–Crippen MR) is 89.4 cm³/mol. The van der Waals surface area contributed by atoms with Crippen LogP contribution in [0.4, 0.5) is 5.69 Å². The van der Waals surface area contributed by atoms with E-state index < -0.39 is 9.84 Å². The highest BCUT2D eigenvalue weighted by molar-refractivity contribution is 7.91. The SMILES string of the molecule is CCS(=O)(=O)c1ccccc1N1CCC(NC(=O)COC)CC1. The second-order valence-electron chi connectivity index (χ2n) is 5.63. The molecule has 0 bridgehead atoms. The Hall–Kier alpha value is -1.60. The lowest BCUT2D eigenvalue weighted by Crippen LogP contribution is -2.45. The number of ether oxygens (including phenoxy) is 1. The number of carbonyl (C=O) groups excluding carboxylic acids is 1. The van der Waals surface area contributed by atoms with E-state index in [0.29, 0.717) is 18.0 Å². The van der Waals surface area contributed by atoms with Crippen molar-refractivity contribution in [2.24, 2.45) is 0 Å². The number of sulfone groups is 1. The molecule has 6 nitrogen and oxygen atoms in total. The number of benzene rings is 1. The molecule has 1 aromatic carbocycles. The molecule has 0 atom stereocenters. The monoisotopic (exact) mass is 340 g/mol. The van der Waals surface area contributed by atoms with Crippen LogP contribution < -0.4 is 10.2 Å². The van der Waals surface area contributed by atoms with E-state index in [1.54, 1.807) is 19.1 Å². The van der Waals surface area contributed by atoms with E-state index in [0.717, 1.165) is 18.5 Å². The quantitative estimate of drug-likeness (QED) is 0.842. The molecular formula is C16H24N2O4S. The van der Waals surface area contributed by atoms with Crippen molar-refractivity contribution in [3.05, 3.63) is 24.3 Å². The maximum Gasteiger partial charge on any atom is 0.246 e. The molecule has 23 heavy (non-hydrogen) atoms. The van der Waals surface area contributed by atoms with Crippen LogP contribution in [-0.4, -0.2) is 52.9 Å². The van der Waals surface area contributed by atoms with Crippen LogP contribution in [0.2, 0.25) is 0 Å². The number of piperidine rings is 1. The molecule has 1 fully saturated rings. The highest BCUT2D eigenvalue weighted by Crippen LogP contribution is 2.28. The van der Waals surface area contributed by atoms with E-state index in [4.69, 9.17) is 4.74 Å². The van der Waals surface area contributed by atoms with Crippen LogP contribution in [0.3, 0.4) is 0 Å². The molecule has 128 valence electrons. The van der Waals surface area contributed by atoms with Gasteiger partial charge in [0.25, 0.3) is 0 Å². The van der Waals surface area contributed by atoms with E-state index in [1.807, 2.05) is 12.1 Å². The normalized spacial score (nSPS) is 16.3. The van der Waals surface area contributed by atoms with Crippen molar-refractivity contribution in [2.45, 2.75) is 30.7 Å². The number of para-hydroxylation sites is 1. The second kappa shape index (κ2) is 7.79. The zero-order chi connectivity index (χ0) is 16.9. The number of nitrogens with zero attached hydrogens (tertiary/aromatic N) is 1. The van der Waals surface area contributed by atoms with Gasteiger partial charge in [-0.15, -0.1) is 0 Å².